The second kappa shape index (κ2) is 11.7. The zero-order valence-electron chi connectivity index (χ0n) is 25.3. The Hall–Kier alpha value is -5.27. The minimum atomic E-state index is -1.30. The van der Waals surface area contributed by atoms with Crippen LogP contribution in [-0.2, 0) is 4.74 Å². The number of ether oxygens (including phenoxy) is 3. The number of benzene rings is 2. The largest absolute Gasteiger partial charge is 0.494 e. The number of carbonyl (C=O) groups is 2. The Morgan fingerprint density at radius 3 is 2.31 bits per heavy atom. The molecule has 2 heterocycles. The Bertz CT molecular complexity index is 1820. The van der Waals surface area contributed by atoms with E-state index in [9.17, 15) is 19.7 Å². The quantitative estimate of drug-likeness (QED) is 0.115. The molecule has 0 saturated heterocycles. The van der Waals surface area contributed by atoms with Crippen molar-refractivity contribution in [3.8, 4) is 11.5 Å². The summed E-state index contributed by atoms with van der Waals surface area (Å²) in [6.07, 6.45) is 1.54. The maximum absolute atomic E-state index is 15.5. The van der Waals surface area contributed by atoms with E-state index in [0.717, 1.165) is 20.3 Å². The second-order valence-electron chi connectivity index (χ2n) is 11.4. The molecule has 0 unspecified atom stereocenters. The van der Waals surface area contributed by atoms with E-state index < -0.39 is 62.9 Å². The molecule has 0 spiro atoms. The van der Waals surface area contributed by atoms with Crippen molar-refractivity contribution < 1.29 is 41.9 Å². The number of aromatic nitrogens is 1. The SMILES string of the molecule is COc1cc(OC)c(F)c(C(=O)c2oc3cnc(Nc4c(C)cccc4[N+](=O)[O-])cc3c2N(C(=O)OC(C)(C)C)C2CC2)c1F. The number of hydrogen-bond donors (Lipinski definition) is 1. The predicted octanol–water partition coefficient (Wildman–Crippen LogP) is 7.22. The first-order valence-electron chi connectivity index (χ1n) is 13.9. The summed E-state index contributed by atoms with van der Waals surface area (Å²) in [6.45, 7) is 6.69. The van der Waals surface area contributed by atoms with Crippen molar-refractivity contribution in [2.45, 2.75) is 52.2 Å². The van der Waals surface area contributed by atoms with Crippen LogP contribution in [0.5, 0.6) is 11.5 Å². The standard InChI is InChI=1S/C31H30F2N4O8/c1-15-8-7-9-18(37(40)41)26(15)35-22-12-17-21(14-34-22)44-29(27(17)36(16-10-11-16)30(39)45-31(2,3)4)28(38)23-24(32)19(42-5)13-20(43-6)25(23)33/h7-9,12-14,16H,10-11H2,1-6H3,(H,34,35). The maximum atomic E-state index is 15.5. The third-order valence-corrected chi connectivity index (χ3v) is 7.00. The smallest absolute Gasteiger partial charge is 0.415 e. The Balaban J connectivity index is 1.74. The van der Waals surface area contributed by atoms with Gasteiger partial charge in [-0.2, -0.15) is 0 Å². The number of ketones is 1. The predicted molar refractivity (Wildman–Crippen MR) is 160 cm³/mol. The molecule has 1 saturated carbocycles. The summed E-state index contributed by atoms with van der Waals surface area (Å²) >= 11 is 0. The lowest BCUT2D eigenvalue weighted by Gasteiger charge is -2.27. The number of nitro groups is 1. The summed E-state index contributed by atoms with van der Waals surface area (Å²) in [6, 6.07) is 6.53. The summed E-state index contributed by atoms with van der Waals surface area (Å²) in [7, 11) is 2.29. The van der Waals surface area contributed by atoms with E-state index in [1.165, 1.54) is 23.2 Å². The number of pyridine rings is 1. The van der Waals surface area contributed by atoms with E-state index in [2.05, 4.69) is 10.3 Å². The number of carbonyl (C=O) groups excluding carboxylic acids is 2. The molecule has 1 aliphatic rings. The molecule has 4 aromatic rings. The van der Waals surface area contributed by atoms with Crippen molar-refractivity contribution in [2.75, 3.05) is 24.4 Å². The Kier molecular flexibility index (Phi) is 8.08. The van der Waals surface area contributed by atoms with Crippen molar-refractivity contribution >= 4 is 45.7 Å². The van der Waals surface area contributed by atoms with Crippen molar-refractivity contribution in [1.29, 1.82) is 0 Å². The summed E-state index contributed by atoms with van der Waals surface area (Å²) in [4.78, 5) is 44.3. The van der Waals surface area contributed by atoms with E-state index in [-0.39, 0.29) is 33.8 Å². The minimum absolute atomic E-state index is 0.00284. The van der Waals surface area contributed by atoms with Crippen LogP contribution in [0, 0.1) is 28.7 Å². The third-order valence-electron chi connectivity index (χ3n) is 7.00. The van der Waals surface area contributed by atoms with Crippen LogP contribution in [0.4, 0.5) is 36.5 Å². The van der Waals surface area contributed by atoms with E-state index in [1.54, 1.807) is 39.8 Å². The molecular formula is C31H30F2N4O8. The molecule has 14 heteroatoms. The molecule has 12 nitrogen and oxygen atoms in total. The van der Waals surface area contributed by atoms with E-state index >= 15 is 8.78 Å². The highest BCUT2D eigenvalue weighted by atomic mass is 19.1. The lowest BCUT2D eigenvalue weighted by Crippen LogP contribution is -2.39. The van der Waals surface area contributed by atoms with Gasteiger partial charge in [0.05, 0.1) is 30.7 Å². The van der Waals surface area contributed by atoms with Crippen LogP contribution < -0.4 is 19.7 Å². The zero-order valence-corrected chi connectivity index (χ0v) is 25.3. The Labute approximate surface area is 256 Å². The average molecular weight is 625 g/mol. The molecule has 0 radical (unpaired) electrons. The average Bonchev–Trinajstić information content (AvgIpc) is 3.73. The number of nitrogens with one attached hydrogen (secondary N) is 1. The van der Waals surface area contributed by atoms with Crippen LogP contribution in [0.25, 0.3) is 11.0 Å². The summed E-state index contributed by atoms with van der Waals surface area (Å²) < 4.78 is 52.6. The normalized spacial score (nSPS) is 13.0. The zero-order chi connectivity index (χ0) is 32.8. The van der Waals surface area contributed by atoms with Gasteiger partial charge >= 0.3 is 6.09 Å². The fourth-order valence-electron chi connectivity index (χ4n) is 4.81. The number of furan rings is 1. The molecule has 1 aliphatic carbocycles. The molecular weight excluding hydrogens is 594 g/mol. The van der Waals surface area contributed by atoms with Crippen molar-refractivity contribution in [1.82, 2.24) is 4.98 Å². The fraction of sp³-hybridized carbons (Fsp3) is 0.323. The molecule has 1 amide bonds. The number of rotatable bonds is 9. The Morgan fingerprint density at radius 2 is 1.76 bits per heavy atom. The number of anilines is 3. The highest BCUT2D eigenvalue weighted by Crippen LogP contribution is 2.44. The van der Waals surface area contributed by atoms with Gasteiger partial charge in [0.1, 0.15) is 28.4 Å². The van der Waals surface area contributed by atoms with Crippen LogP contribution in [-0.4, -0.2) is 47.6 Å². The van der Waals surface area contributed by atoms with Gasteiger partial charge in [-0.05, 0) is 52.2 Å². The van der Waals surface area contributed by atoms with Gasteiger partial charge in [-0.15, -0.1) is 0 Å². The summed E-state index contributed by atoms with van der Waals surface area (Å²) in [5.41, 5.74) is -1.51. The fourth-order valence-corrected chi connectivity index (χ4v) is 4.81. The van der Waals surface area contributed by atoms with Crippen LogP contribution >= 0.6 is 0 Å². The number of halogens is 2. The molecule has 2 aromatic heterocycles. The van der Waals surface area contributed by atoms with E-state index in [1.807, 2.05) is 0 Å². The molecule has 1 N–H and O–H groups in total. The third kappa shape index (κ3) is 5.95. The molecule has 236 valence electrons. The Morgan fingerprint density at radius 1 is 1.11 bits per heavy atom. The monoisotopic (exact) mass is 624 g/mol. The molecule has 0 aliphatic heterocycles. The van der Waals surface area contributed by atoms with Crippen LogP contribution in [0.2, 0.25) is 0 Å². The minimum Gasteiger partial charge on any atom is -0.494 e. The van der Waals surface area contributed by atoms with Gasteiger partial charge in [0.15, 0.2) is 34.5 Å². The van der Waals surface area contributed by atoms with Crippen molar-refractivity contribution in [3.05, 3.63) is 75.2 Å². The number of para-hydroxylation sites is 1. The number of nitro benzene ring substituents is 1. The van der Waals surface area contributed by atoms with Crippen molar-refractivity contribution in [3.63, 3.8) is 0 Å². The first-order chi connectivity index (χ1) is 21.2. The number of amides is 1. The lowest BCUT2D eigenvalue weighted by molar-refractivity contribution is -0.384. The molecule has 0 bridgehead atoms. The van der Waals surface area contributed by atoms with Gasteiger partial charge in [0, 0.05) is 18.2 Å². The summed E-state index contributed by atoms with van der Waals surface area (Å²) in [5, 5.41) is 14.8. The van der Waals surface area contributed by atoms with Crippen LogP contribution in [0.1, 0.15) is 55.3 Å². The number of aryl methyl sites for hydroxylation is 1. The number of fused-ring (bicyclic) bond motifs is 1. The van der Waals surface area contributed by atoms with Crippen molar-refractivity contribution in [2.24, 2.45) is 0 Å². The lowest BCUT2D eigenvalue weighted by atomic mass is 10.0. The van der Waals surface area contributed by atoms with Gasteiger partial charge < -0.3 is 23.9 Å². The van der Waals surface area contributed by atoms with Gasteiger partial charge in [-0.25, -0.2) is 18.6 Å². The first-order valence-corrected chi connectivity index (χ1v) is 13.9. The summed E-state index contributed by atoms with van der Waals surface area (Å²) in [5.74, 6) is -5.17. The highest BCUT2D eigenvalue weighted by Gasteiger charge is 2.42. The number of hydrogen-bond acceptors (Lipinski definition) is 10. The topological polar surface area (TPSA) is 146 Å². The number of methoxy groups -OCH3 is 2. The number of nitrogens with zero attached hydrogens (tertiary/aromatic N) is 3. The van der Waals surface area contributed by atoms with Gasteiger partial charge in [0.25, 0.3) is 5.69 Å². The van der Waals surface area contributed by atoms with Crippen LogP contribution in [0.15, 0.2) is 40.9 Å². The molecule has 5 rings (SSSR count). The molecule has 1 fully saturated rings. The van der Waals surface area contributed by atoms with Gasteiger partial charge in [0.2, 0.25) is 5.78 Å². The second-order valence-corrected chi connectivity index (χ2v) is 11.4. The maximum Gasteiger partial charge on any atom is 0.415 e. The first kappa shape index (κ1) is 31.2. The van der Waals surface area contributed by atoms with E-state index in [0.29, 0.717) is 18.4 Å². The van der Waals surface area contributed by atoms with Gasteiger partial charge in [-0.3, -0.25) is 19.8 Å². The van der Waals surface area contributed by atoms with Gasteiger partial charge in [-0.1, -0.05) is 12.1 Å². The molecule has 45 heavy (non-hydrogen) atoms. The molecule has 0 atom stereocenters. The highest BCUT2D eigenvalue weighted by molar-refractivity contribution is 6.18. The van der Waals surface area contributed by atoms with E-state index in [4.69, 9.17) is 18.6 Å². The van der Waals surface area contributed by atoms with Crippen LogP contribution in [0.3, 0.4) is 0 Å². The molecule has 2 aromatic carbocycles.